The van der Waals surface area contributed by atoms with Gasteiger partial charge in [-0.05, 0) is 27.6 Å². The molecule has 6 nitrogen and oxygen atoms in total. The van der Waals surface area contributed by atoms with Gasteiger partial charge in [-0.25, -0.2) is 0 Å². The zero-order valence-electron chi connectivity index (χ0n) is 17.6. The molecule has 0 bridgehead atoms. The Morgan fingerprint density at radius 3 is 2.12 bits per heavy atom. The minimum absolute atomic E-state index is 0.349. The Labute approximate surface area is 195 Å². The first kappa shape index (κ1) is 22.2. The maximum atomic E-state index is 13.6. The van der Waals surface area contributed by atoms with E-state index in [1.807, 2.05) is 24.3 Å². The summed E-state index contributed by atoms with van der Waals surface area (Å²) in [6, 6.07) is 20.6. The van der Waals surface area contributed by atoms with Crippen molar-refractivity contribution >= 4 is 27.6 Å². The van der Waals surface area contributed by atoms with Crippen LogP contribution in [0, 0.1) is 0 Å². The van der Waals surface area contributed by atoms with Gasteiger partial charge in [0.2, 0.25) is 0 Å². The number of ketones is 1. The lowest BCUT2D eigenvalue weighted by atomic mass is 10.0. The number of hydrogen-bond donors (Lipinski definition) is 0. The Morgan fingerprint density at radius 1 is 0.844 bits per heavy atom. The van der Waals surface area contributed by atoms with Crippen molar-refractivity contribution in [3.8, 4) is 0 Å². The summed E-state index contributed by atoms with van der Waals surface area (Å²) in [5.41, 5.74) is 1.24. The molecule has 1 aromatic heterocycles. The summed E-state index contributed by atoms with van der Waals surface area (Å²) < 4.78 is 1.86. The van der Waals surface area contributed by atoms with E-state index < -0.39 is 11.6 Å². The first-order valence-electron chi connectivity index (χ1n) is 10.5. The third kappa shape index (κ3) is 5.06. The number of halogens is 1. The summed E-state index contributed by atoms with van der Waals surface area (Å²) in [5.74, 6) is -0.735. The van der Waals surface area contributed by atoms with Crippen LogP contribution in [0.3, 0.4) is 0 Å². The van der Waals surface area contributed by atoms with Crippen LogP contribution >= 0.6 is 15.9 Å². The van der Waals surface area contributed by atoms with Crippen molar-refractivity contribution in [1.82, 2.24) is 14.4 Å². The number of Topliss-reactive ketones (excluding diaryl/α,β-unsaturated/α-hetero) is 1. The Bertz CT molecular complexity index is 1140. The molecule has 1 saturated heterocycles. The van der Waals surface area contributed by atoms with E-state index in [9.17, 15) is 14.4 Å². The lowest BCUT2D eigenvalue weighted by Gasteiger charge is -2.36. The molecule has 0 radical (unpaired) electrons. The van der Waals surface area contributed by atoms with Gasteiger partial charge in [-0.15, -0.1) is 0 Å². The van der Waals surface area contributed by atoms with E-state index in [-0.39, 0.29) is 11.7 Å². The summed E-state index contributed by atoms with van der Waals surface area (Å²) in [6.07, 6.45) is 1.51. The van der Waals surface area contributed by atoms with E-state index in [4.69, 9.17) is 0 Å². The molecule has 1 aliphatic heterocycles. The lowest BCUT2D eigenvalue weighted by Crippen LogP contribution is -2.52. The quantitative estimate of drug-likeness (QED) is 0.390. The van der Waals surface area contributed by atoms with Gasteiger partial charge in [-0.3, -0.25) is 23.9 Å². The summed E-state index contributed by atoms with van der Waals surface area (Å²) in [6.45, 7) is 3.25. The molecule has 1 unspecified atom stereocenters. The highest BCUT2D eigenvalue weighted by atomic mass is 79.9. The summed E-state index contributed by atoms with van der Waals surface area (Å²) in [4.78, 5) is 43.5. The topological polar surface area (TPSA) is 62.6 Å². The maximum absolute atomic E-state index is 13.6. The van der Waals surface area contributed by atoms with Crippen LogP contribution in [-0.4, -0.2) is 52.2 Å². The molecule has 2 aromatic carbocycles. The molecule has 3 aromatic rings. The van der Waals surface area contributed by atoms with Crippen LogP contribution in [0.15, 0.2) is 88.3 Å². The highest BCUT2D eigenvalue weighted by Crippen LogP contribution is 2.20. The smallest absolute Gasteiger partial charge is 0.253 e. The average molecular weight is 494 g/mol. The van der Waals surface area contributed by atoms with Crippen molar-refractivity contribution in [2.24, 2.45) is 0 Å². The van der Waals surface area contributed by atoms with Crippen molar-refractivity contribution in [1.29, 1.82) is 0 Å². The standard InChI is InChI=1S/C25H24BrN3O3/c26-21-11-12-22(30)29(18-21)23(24(31)20-9-5-2-6-10-20)25(32)28-15-13-27(14-16-28)17-19-7-3-1-4-8-19/h1-12,18,23H,13-17H2. The zero-order valence-corrected chi connectivity index (χ0v) is 19.1. The fourth-order valence-corrected chi connectivity index (χ4v) is 4.29. The third-order valence-electron chi connectivity index (χ3n) is 5.65. The van der Waals surface area contributed by atoms with Crippen molar-refractivity contribution in [3.63, 3.8) is 0 Å². The molecule has 0 aliphatic carbocycles. The van der Waals surface area contributed by atoms with E-state index in [1.54, 1.807) is 35.2 Å². The Balaban J connectivity index is 1.55. The molecule has 0 spiro atoms. The van der Waals surface area contributed by atoms with Gasteiger partial charge in [0.25, 0.3) is 11.5 Å². The van der Waals surface area contributed by atoms with Crippen molar-refractivity contribution in [2.45, 2.75) is 12.6 Å². The molecular weight excluding hydrogens is 470 g/mol. The second-order valence-corrected chi connectivity index (χ2v) is 8.73. The van der Waals surface area contributed by atoms with Crippen molar-refractivity contribution in [3.05, 3.63) is 105 Å². The molecule has 7 heteroatoms. The van der Waals surface area contributed by atoms with E-state index in [1.165, 1.54) is 22.4 Å². The highest BCUT2D eigenvalue weighted by Gasteiger charge is 2.35. The fourth-order valence-electron chi connectivity index (χ4n) is 3.94. The highest BCUT2D eigenvalue weighted by molar-refractivity contribution is 9.10. The molecule has 0 N–H and O–H groups in total. The minimum Gasteiger partial charge on any atom is -0.338 e. The van der Waals surface area contributed by atoms with Gasteiger partial charge in [0.05, 0.1) is 0 Å². The Kier molecular flexibility index (Phi) is 6.97. The number of carbonyl (C=O) groups excluding carboxylic acids is 2. The van der Waals surface area contributed by atoms with Gasteiger partial charge >= 0.3 is 0 Å². The molecule has 1 amide bonds. The van der Waals surface area contributed by atoms with Gasteiger partial charge in [-0.1, -0.05) is 60.7 Å². The normalized spacial score (nSPS) is 15.3. The SMILES string of the molecule is O=C(c1ccccc1)C(C(=O)N1CCN(Cc2ccccc2)CC1)n1cc(Br)ccc1=O. The monoisotopic (exact) mass is 493 g/mol. The summed E-state index contributed by atoms with van der Waals surface area (Å²) in [5, 5.41) is 0. The molecule has 2 heterocycles. The molecule has 4 rings (SSSR count). The molecule has 1 aliphatic rings. The van der Waals surface area contributed by atoms with Gasteiger partial charge in [0.15, 0.2) is 11.8 Å². The number of benzene rings is 2. The number of rotatable bonds is 6. The van der Waals surface area contributed by atoms with E-state index in [0.29, 0.717) is 36.2 Å². The van der Waals surface area contributed by atoms with Gasteiger partial charge in [0, 0.05) is 55.0 Å². The number of nitrogens with zero attached hydrogens (tertiary/aromatic N) is 3. The van der Waals surface area contributed by atoms with Crippen molar-refractivity contribution < 1.29 is 9.59 Å². The van der Waals surface area contributed by atoms with Gasteiger partial charge < -0.3 is 4.90 Å². The molecule has 0 saturated carbocycles. The molecule has 164 valence electrons. The van der Waals surface area contributed by atoms with E-state index >= 15 is 0 Å². The number of carbonyl (C=O) groups is 2. The molecule has 32 heavy (non-hydrogen) atoms. The predicted molar refractivity (Wildman–Crippen MR) is 127 cm³/mol. The molecule has 1 atom stereocenters. The van der Waals surface area contributed by atoms with E-state index in [0.717, 1.165) is 6.54 Å². The average Bonchev–Trinajstić information content (AvgIpc) is 2.83. The zero-order chi connectivity index (χ0) is 22.5. The van der Waals surface area contributed by atoms with Crippen LogP contribution in [0.25, 0.3) is 0 Å². The van der Waals surface area contributed by atoms with Crippen LogP contribution in [0.2, 0.25) is 0 Å². The largest absolute Gasteiger partial charge is 0.338 e. The molecular formula is C25H24BrN3O3. The summed E-state index contributed by atoms with van der Waals surface area (Å²) >= 11 is 3.35. The van der Waals surface area contributed by atoms with Crippen LogP contribution in [0.1, 0.15) is 22.0 Å². The lowest BCUT2D eigenvalue weighted by molar-refractivity contribution is -0.135. The number of piperazine rings is 1. The second-order valence-electron chi connectivity index (χ2n) is 7.81. The number of amides is 1. The Hall–Kier alpha value is -3.03. The van der Waals surface area contributed by atoms with Crippen LogP contribution in [0.5, 0.6) is 0 Å². The van der Waals surface area contributed by atoms with E-state index in [2.05, 4.69) is 33.0 Å². The first-order valence-corrected chi connectivity index (χ1v) is 11.3. The maximum Gasteiger partial charge on any atom is 0.253 e. The Morgan fingerprint density at radius 2 is 1.47 bits per heavy atom. The molecule has 1 fully saturated rings. The summed E-state index contributed by atoms with van der Waals surface area (Å²) in [7, 11) is 0. The third-order valence-corrected chi connectivity index (χ3v) is 6.12. The first-order chi connectivity index (χ1) is 15.5. The fraction of sp³-hybridized carbons (Fsp3) is 0.240. The van der Waals surface area contributed by atoms with Crippen LogP contribution < -0.4 is 5.56 Å². The second kappa shape index (κ2) is 10.1. The van der Waals surface area contributed by atoms with Crippen LogP contribution in [-0.2, 0) is 11.3 Å². The van der Waals surface area contributed by atoms with Crippen molar-refractivity contribution in [2.75, 3.05) is 26.2 Å². The number of aromatic nitrogens is 1. The van der Waals surface area contributed by atoms with Gasteiger partial charge in [-0.2, -0.15) is 0 Å². The van der Waals surface area contributed by atoms with Crippen LogP contribution in [0.4, 0.5) is 0 Å². The predicted octanol–water partition coefficient (Wildman–Crippen LogP) is 3.38. The minimum atomic E-state index is -1.23. The van der Waals surface area contributed by atoms with Gasteiger partial charge in [0.1, 0.15) is 0 Å². The number of hydrogen-bond acceptors (Lipinski definition) is 4. The number of pyridine rings is 1.